The van der Waals surface area contributed by atoms with Gasteiger partial charge in [-0.2, -0.15) is 0 Å². The lowest BCUT2D eigenvalue weighted by atomic mass is 9.98. The summed E-state index contributed by atoms with van der Waals surface area (Å²) < 4.78 is 5.68. The first-order chi connectivity index (χ1) is 10.8. The van der Waals surface area contributed by atoms with Crippen LogP contribution < -0.4 is 14.9 Å². The maximum absolute atomic E-state index is 5.68. The second-order valence-corrected chi connectivity index (χ2v) is 10.2. The molecule has 1 aliphatic heterocycles. The fourth-order valence-electron chi connectivity index (χ4n) is 3.39. The molecular weight excluding hydrogens is 301 g/mol. The number of anilines is 1. The first-order valence-electron chi connectivity index (χ1n) is 8.10. The lowest BCUT2D eigenvalue weighted by Gasteiger charge is -2.29. The summed E-state index contributed by atoms with van der Waals surface area (Å²) in [7, 11) is 3.73. The fraction of sp³-hybridized carbons (Fsp3) is 0.400. The molecule has 1 unspecified atom stereocenters. The molecule has 2 aromatic rings. The molecule has 3 rings (SSSR count). The number of fused-ring (bicyclic) bond motifs is 1. The monoisotopic (exact) mass is 327 g/mol. The summed E-state index contributed by atoms with van der Waals surface area (Å²) in [6.07, 6.45) is 1.14. The van der Waals surface area contributed by atoms with Gasteiger partial charge in [0.05, 0.1) is 7.11 Å². The van der Waals surface area contributed by atoms with Crippen molar-refractivity contribution in [3.63, 3.8) is 0 Å². The summed E-state index contributed by atoms with van der Waals surface area (Å²) in [6.45, 7) is 9.28. The van der Waals surface area contributed by atoms with Gasteiger partial charge in [0.15, 0.2) is 0 Å². The Morgan fingerprint density at radius 2 is 1.78 bits per heavy atom. The van der Waals surface area contributed by atoms with Crippen LogP contribution in [0.2, 0.25) is 0 Å². The molecule has 0 aromatic heterocycles. The van der Waals surface area contributed by atoms with Crippen LogP contribution in [0.25, 0.3) is 11.1 Å². The van der Waals surface area contributed by atoms with Crippen LogP contribution in [0.4, 0.5) is 5.69 Å². The molecule has 1 heterocycles. The molecule has 0 spiro atoms. The molecular formula is C20H26NOP. The summed E-state index contributed by atoms with van der Waals surface area (Å²) in [5.41, 5.74) is 5.26. The highest BCUT2D eigenvalue weighted by Gasteiger charge is 2.37. The first kappa shape index (κ1) is 16.3. The van der Waals surface area contributed by atoms with Gasteiger partial charge in [-0.3, -0.25) is 0 Å². The van der Waals surface area contributed by atoms with E-state index < -0.39 is 0 Å². The number of ether oxygens (including phenoxy) is 1. The molecule has 0 saturated heterocycles. The van der Waals surface area contributed by atoms with Crippen molar-refractivity contribution in [3.8, 4) is 16.9 Å². The van der Waals surface area contributed by atoms with Gasteiger partial charge >= 0.3 is 0 Å². The largest absolute Gasteiger partial charge is 0.496 e. The normalized spacial score (nSPS) is 17.3. The Labute approximate surface area is 141 Å². The molecule has 2 nitrogen and oxygen atoms in total. The van der Waals surface area contributed by atoms with Crippen molar-refractivity contribution in [2.45, 2.75) is 32.9 Å². The number of nitrogens with zero attached hydrogens (tertiary/aromatic N) is 1. The molecule has 1 aliphatic rings. The lowest BCUT2D eigenvalue weighted by molar-refractivity contribution is 0.416. The van der Waals surface area contributed by atoms with E-state index in [2.05, 4.69) is 76.0 Å². The SMILES string of the molecule is COc1cccc(C)c1-c1cccc2c1P(C(C)(C)C)CN2C. The Hall–Kier alpha value is -1.53. The van der Waals surface area contributed by atoms with Crippen LogP contribution in [0.15, 0.2) is 36.4 Å². The van der Waals surface area contributed by atoms with Crippen LogP contribution in [0.5, 0.6) is 5.75 Å². The van der Waals surface area contributed by atoms with Crippen LogP contribution in [0.1, 0.15) is 26.3 Å². The third kappa shape index (κ3) is 2.74. The summed E-state index contributed by atoms with van der Waals surface area (Å²) >= 11 is 0. The summed E-state index contributed by atoms with van der Waals surface area (Å²) in [5, 5.41) is 1.83. The molecule has 1 atom stereocenters. The van der Waals surface area contributed by atoms with Crippen molar-refractivity contribution in [2.24, 2.45) is 0 Å². The Morgan fingerprint density at radius 3 is 2.43 bits per heavy atom. The molecule has 2 aromatic carbocycles. The third-order valence-corrected chi connectivity index (χ3v) is 7.92. The maximum atomic E-state index is 5.68. The first-order valence-corrected chi connectivity index (χ1v) is 9.63. The second-order valence-electron chi connectivity index (χ2n) is 7.26. The minimum Gasteiger partial charge on any atom is -0.496 e. The van der Waals surface area contributed by atoms with E-state index in [-0.39, 0.29) is 7.92 Å². The molecule has 0 amide bonds. The van der Waals surface area contributed by atoms with E-state index in [9.17, 15) is 0 Å². The molecule has 0 bridgehead atoms. The van der Waals surface area contributed by atoms with Gasteiger partial charge in [-0.1, -0.05) is 45.0 Å². The molecule has 23 heavy (non-hydrogen) atoms. The summed E-state index contributed by atoms with van der Waals surface area (Å²) in [6, 6.07) is 13.0. The maximum Gasteiger partial charge on any atom is 0.126 e. The smallest absolute Gasteiger partial charge is 0.126 e. The lowest BCUT2D eigenvalue weighted by Crippen LogP contribution is -2.20. The molecule has 0 N–H and O–H groups in total. The van der Waals surface area contributed by atoms with Crippen LogP contribution >= 0.6 is 7.92 Å². The van der Waals surface area contributed by atoms with Crippen molar-refractivity contribution in [2.75, 3.05) is 25.3 Å². The number of methoxy groups -OCH3 is 1. The van der Waals surface area contributed by atoms with Gasteiger partial charge in [0, 0.05) is 29.9 Å². The Balaban J connectivity index is 2.29. The number of benzene rings is 2. The molecule has 0 aliphatic carbocycles. The predicted molar refractivity (Wildman–Crippen MR) is 103 cm³/mol. The zero-order valence-electron chi connectivity index (χ0n) is 15.0. The molecule has 0 fully saturated rings. The number of hydrogen-bond donors (Lipinski definition) is 0. The average Bonchev–Trinajstić information content (AvgIpc) is 2.85. The average molecular weight is 327 g/mol. The van der Waals surface area contributed by atoms with Gasteiger partial charge in [-0.15, -0.1) is 0 Å². The Morgan fingerprint density at radius 1 is 1.09 bits per heavy atom. The van der Waals surface area contributed by atoms with Crippen LogP contribution in [0.3, 0.4) is 0 Å². The second kappa shape index (κ2) is 5.83. The van der Waals surface area contributed by atoms with Crippen molar-refractivity contribution in [3.05, 3.63) is 42.0 Å². The Bertz CT molecular complexity index is 733. The van der Waals surface area contributed by atoms with E-state index in [0.29, 0.717) is 5.16 Å². The zero-order chi connectivity index (χ0) is 16.8. The van der Waals surface area contributed by atoms with E-state index in [1.54, 1.807) is 7.11 Å². The number of rotatable bonds is 2. The summed E-state index contributed by atoms with van der Waals surface area (Å²) in [4.78, 5) is 2.42. The van der Waals surface area contributed by atoms with Gasteiger partial charge in [0.2, 0.25) is 0 Å². The van der Waals surface area contributed by atoms with Gasteiger partial charge < -0.3 is 9.64 Å². The predicted octanol–water partition coefficient (Wildman–Crippen LogP) is 4.98. The summed E-state index contributed by atoms with van der Waals surface area (Å²) in [5.74, 6) is 0.969. The molecule has 0 saturated carbocycles. The zero-order valence-corrected chi connectivity index (χ0v) is 15.9. The third-order valence-electron chi connectivity index (χ3n) is 4.58. The van der Waals surface area contributed by atoms with Crippen molar-refractivity contribution in [1.82, 2.24) is 0 Å². The minimum absolute atomic E-state index is 0.245. The molecule has 0 radical (unpaired) electrons. The standard InChI is InChI=1S/C20H26NOP/c1-14-9-7-12-17(22-6)18(14)15-10-8-11-16-19(15)23(13-21(16)5)20(2,3)4/h7-12H,13H2,1-6H3. The van der Waals surface area contributed by atoms with E-state index in [4.69, 9.17) is 4.74 Å². The van der Waals surface area contributed by atoms with E-state index in [1.165, 1.54) is 27.7 Å². The van der Waals surface area contributed by atoms with Crippen LogP contribution in [0, 0.1) is 6.92 Å². The van der Waals surface area contributed by atoms with Gasteiger partial charge in [-0.05, 0) is 43.3 Å². The van der Waals surface area contributed by atoms with E-state index in [0.717, 1.165) is 12.0 Å². The van der Waals surface area contributed by atoms with Crippen LogP contribution in [-0.4, -0.2) is 25.6 Å². The molecule has 122 valence electrons. The number of hydrogen-bond acceptors (Lipinski definition) is 2. The van der Waals surface area contributed by atoms with E-state index in [1.807, 2.05) is 0 Å². The minimum atomic E-state index is -0.245. The van der Waals surface area contributed by atoms with Gasteiger partial charge in [0.25, 0.3) is 0 Å². The van der Waals surface area contributed by atoms with Gasteiger partial charge in [-0.25, -0.2) is 0 Å². The van der Waals surface area contributed by atoms with Crippen molar-refractivity contribution >= 4 is 18.9 Å². The highest BCUT2D eigenvalue weighted by Crippen LogP contribution is 2.57. The van der Waals surface area contributed by atoms with E-state index >= 15 is 0 Å². The molecule has 3 heteroatoms. The van der Waals surface area contributed by atoms with Gasteiger partial charge in [0.1, 0.15) is 5.75 Å². The fourth-order valence-corrected chi connectivity index (χ4v) is 6.20. The highest BCUT2D eigenvalue weighted by molar-refractivity contribution is 7.68. The Kier molecular flexibility index (Phi) is 4.14. The van der Waals surface area contributed by atoms with Crippen molar-refractivity contribution in [1.29, 1.82) is 0 Å². The van der Waals surface area contributed by atoms with Crippen molar-refractivity contribution < 1.29 is 4.74 Å². The quantitative estimate of drug-likeness (QED) is 0.721. The van der Waals surface area contributed by atoms with Crippen LogP contribution in [-0.2, 0) is 0 Å². The number of aryl methyl sites for hydroxylation is 1. The topological polar surface area (TPSA) is 12.5 Å². The highest BCUT2D eigenvalue weighted by atomic mass is 31.1.